The van der Waals surface area contributed by atoms with Crippen LogP contribution in [0.25, 0.3) is 11.3 Å². The second-order valence-electron chi connectivity index (χ2n) is 8.20. The van der Waals surface area contributed by atoms with Crippen LogP contribution in [0.4, 0.5) is 10.2 Å². The molecule has 5 nitrogen and oxygen atoms in total. The number of aromatic nitrogens is 2. The van der Waals surface area contributed by atoms with Crippen LogP contribution in [0.15, 0.2) is 30.3 Å². The maximum Gasteiger partial charge on any atom is 0.148 e. The number of halogens is 2. The molecule has 0 unspecified atom stereocenters. The number of rotatable bonds is 5. The lowest BCUT2D eigenvalue weighted by molar-refractivity contribution is 0.0540. The highest BCUT2D eigenvalue weighted by Gasteiger charge is 2.55. The van der Waals surface area contributed by atoms with Crippen LogP contribution in [0.2, 0.25) is 5.02 Å². The average Bonchev–Trinajstić information content (AvgIpc) is 3.14. The van der Waals surface area contributed by atoms with Crippen LogP contribution < -0.4 is 5.32 Å². The van der Waals surface area contributed by atoms with Crippen molar-refractivity contribution in [2.75, 3.05) is 38.2 Å². The Balaban J connectivity index is 1.14. The molecule has 0 amide bonds. The number of piperidine rings is 1. The van der Waals surface area contributed by atoms with E-state index < -0.39 is 0 Å². The Morgan fingerprint density at radius 2 is 1.89 bits per heavy atom. The van der Waals surface area contributed by atoms with E-state index >= 15 is 0 Å². The van der Waals surface area contributed by atoms with Crippen LogP contribution >= 0.6 is 11.6 Å². The number of anilines is 1. The van der Waals surface area contributed by atoms with Crippen molar-refractivity contribution in [3.63, 3.8) is 0 Å². The summed E-state index contributed by atoms with van der Waals surface area (Å²) >= 11 is 6.11. The van der Waals surface area contributed by atoms with Crippen molar-refractivity contribution in [3.8, 4) is 11.3 Å². The topological polar surface area (TPSA) is 50.3 Å². The zero-order chi connectivity index (χ0) is 19.1. The van der Waals surface area contributed by atoms with Gasteiger partial charge in [-0.15, -0.1) is 10.2 Å². The lowest BCUT2D eigenvalue weighted by Gasteiger charge is -2.28. The summed E-state index contributed by atoms with van der Waals surface area (Å²) < 4.78 is 18.7. The van der Waals surface area contributed by atoms with Crippen LogP contribution in [-0.2, 0) is 4.74 Å². The molecule has 28 heavy (non-hydrogen) atoms. The number of likely N-dealkylation sites (tertiary alicyclic amines) is 1. The third kappa shape index (κ3) is 3.73. The van der Waals surface area contributed by atoms with Crippen LogP contribution in [0.3, 0.4) is 0 Å². The van der Waals surface area contributed by atoms with Gasteiger partial charge in [0.25, 0.3) is 0 Å². The Bertz CT molecular complexity index is 831. The van der Waals surface area contributed by atoms with Gasteiger partial charge in [-0.25, -0.2) is 4.39 Å². The summed E-state index contributed by atoms with van der Waals surface area (Å²) in [4.78, 5) is 2.62. The van der Waals surface area contributed by atoms with Crippen molar-refractivity contribution in [1.82, 2.24) is 15.1 Å². The smallest absolute Gasteiger partial charge is 0.148 e. The van der Waals surface area contributed by atoms with Gasteiger partial charge in [0.15, 0.2) is 0 Å². The SMILES string of the molecule is Fc1ccc(-c2ccc(N[C@@H]3[C@@H]4CN(CC5CCOCC5)C[C@@H]43)nn2)c(Cl)c1. The molecule has 148 valence electrons. The highest BCUT2D eigenvalue weighted by atomic mass is 35.5. The fourth-order valence-corrected chi connectivity index (χ4v) is 4.96. The van der Waals surface area contributed by atoms with E-state index in [0.717, 1.165) is 24.9 Å². The fourth-order valence-electron chi connectivity index (χ4n) is 4.69. The maximum absolute atomic E-state index is 13.2. The minimum atomic E-state index is -0.355. The molecule has 7 heteroatoms. The average molecular weight is 403 g/mol. The van der Waals surface area contributed by atoms with Gasteiger partial charge in [-0.2, -0.15) is 0 Å². The minimum Gasteiger partial charge on any atom is -0.381 e. The monoisotopic (exact) mass is 402 g/mol. The first-order valence-corrected chi connectivity index (χ1v) is 10.4. The van der Waals surface area contributed by atoms with Crippen molar-refractivity contribution >= 4 is 17.4 Å². The Morgan fingerprint density at radius 3 is 2.57 bits per heavy atom. The minimum absolute atomic E-state index is 0.344. The van der Waals surface area contributed by atoms with Gasteiger partial charge in [0.1, 0.15) is 11.6 Å². The van der Waals surface area contributed by atoms with Crippen molar-refractivity contribution in [2.45, 2.75) is 18.9 Å². The molecule has 0 radical (unpaired) electrons. The second kappa shape index (κ2) is 7.58. The number of nitrogens with zero attached hydrogens (tertiary/aromatic N) is 3. The van der Waals surface area contributed by atoms with E-state index in [0.29, 0.717) is 34.2 Å². The molecule has 3 aliphatic rings. The number of nitrogens with one attached hydrogen (secondary N) is 1. The summed E-state index contributed by atoms with van der Waals surface area (Å²) in [6, 6.07) is 8.61. The summed E-state index contributed by atoms with van der Waals surface area (Å²) in [5.74, 6) is 2.67. The number of fused-ring (bicyclic) bond motifs is 1. The summed E-state index contributed by atoms with van der Waals surface area (Å²) in [5.41, 5.74) is 1.34. The van der Waals surface area contributed by atoms with E-state index in [-0.39, 0.29) is 5.82 Å². The molecule has 0 bridgehead atoms. The van der Waals surface area contributed by atoms with Gasteiger partial charge in [0.05, 0.1) is 10.7 Å². The highest BCUT2D eigenvalue weighted by molar-refractivity contribution is 6.33. The molecule has 1 N–H and O–H groups in total. The Labute approximate surface area is 169 Å². The number of hydrogen-bond acceptors (Lipinski definition) is 5. The summed E-state index contributed by atoms with van der Waals surface area (Å²) in [6.07, 6.45) is 2.40. The van der Waals surface area contributed by atoms with E-state index in [1.165, 1.54) is 44.6 Å². The van der Waals surface area contributed by atoms with E-state index in [1.54, 1.807) is 6.07 Å². The highest BCUT2D eigenvalue weighted by Crippen LogP contribution is 2.47. The van der Waals surface area contributed by atoms with Gasteiger partial charge >= 0.3 is 0 Å². The third-order valence-corrected chi connectivity index (χ3v) is 6.63. The van der Waals surface area contributed by atoms with Crippen LogP contribution in [0.5, 0.6) is 0 Å². The Hall–Kier alpha value is -1.76. The van der Waals surface area contributed by atoms with Crippen molar-refractivity contribution in [1.29, 1.82) is 0 Å². The predicted octanol–water partition coefficient (Wildman–Crippen LogP) is 3.70. The standard InChI is InChI=1S/C21H24ClFN4O/c22-18-9-14(23)1-2-15(18)19-3-4-20(26-25-19)24-21-16-11-27(12-17(16)21)10-13-5-7-28-8-6-13/h1-4,9,13,16-17,21H,5-8,10-12H2,(H,24,26)/t16-,17+,21-. The predicted molar refractivity (Wildman–Crippen MR) is 107 cm³/mol. The molecule has 1 aromatic carbocycles. The normalized spacial score (nSPS) is 27.6. The van der Waals surface area contributed by atoms with E-state index in [4.69, 9.17) is 16.3 Å². The molecule has 1 aromatic heterocycles. The van der Waals surface area contributed by atoms with Gasteiger partial charge < -0.3 is 15.0 Å². The molecule has 2 aliphatic heterocycles. The summed E-state index contributed by atoms with van der Waals surface area (Å²) in [5, 5.41) is 12.4. The molecule has 3 fully saturated rings. The first-order valence-electron chi connectivity index (χ1n) is 10.0. The molecule has 0 spiro atoms. The fraction of sp³-hybridized carbons (Fsp3) is 0.524. The third-order valence-electron chi connectivity index (χ3n) is 6.31. The molecular weight excluding hydrogens is 379 g/mol. The van der Waals surface area contributed by atoms with Gasteiger partial charge in [0, 0.05) is 44.5 Å². The molecule has 1 saturated carbocycles. The number of benzene rings is 1. The molecule has 3 atom stereocenters. The maximum atomic E-state index is 13.2. The zero-order valence-corrected chi connectivity index (χ0v) is 16.4. The van der Waals surface area contributed by atoms with Crippen LogP contribution in [-0.4, -0.2) is 54.0 Å². The van der Waals surface area contributed by atoms with Crippen molar-refractivity contribution in [2.24, 2.45) is 17.8 Å². The van der Waals surface area contributed by atoms with Gasteiger partial charge in [-0.3, -0.25) is 0 Å². The lowest BCUT2D eigenvalue weighted by atomic mass is 10.00. The number of hydrogen-bond donors (Lipinski definition) is 1. The van der Waals surface area contributed by atoms with Crippen LogP contribution in [0.1, 0.15) is 12.8 Å². The summed E-state index contributed by atoms with van der Waals surface area (Å²) in [6.45, 7) is 5.42. The van der Waals surface area contributed by atoms with E-state index in [2.05, 4.69) is 20.4 Å². The van der Waals surface area contributed by atoms with Crippen LogP contribution in [0, 0.1) is 23.6 Å². The molecule has 1 aliphatic carbocycles. The van der Waals surface area contributed by atoms with E-state index in [9.17, 15) is 4.39 Å². The quantitative estimate of drug-likeness (QED) is 0.826. The molecule has 5 rings (SSSR count). The lowest BCUT2D eigenvalue weighted by Crippen LogP contribution is -2.34. The van der Waals surface area contributed by atoms with Gasteiger partial charge in [-0.1, -0.05) is 11.6 Å². The van der Waals surface area contributed by atoms with E-state index in [1.807, 2.05) is 12.1 Å². The first-order chi connectivity index (χ1) is 13.7. The first kappa shape index (κ1) is 18.3. The number of ether oxygens (including phenoxy) is 1. The second-order valence-corrected chi connectivity index (χ2v) is 8.61. The van der Waals surface area contributed by atoms with Gasteiger partial charge in [-0.05, 0) is 60.9 Å². The zero-order valence-electron chi connectivity index (χ0n) is 15.7. The van der Waals surface area contributed by atoms with Gasteiger partial charge in [0.2, 0.25) is 0 Å². The summed E-state index contributed by atoms with van der Waals surface area (Å²) in [7, 11) is 0. The van der Waals surface area contributed by atoms with Crippen molar-refractivity contribution in [3.05, 3.63) is 41.2 Å². The molecule has 2 saturated heterocycles. The Morgan fingerprint density at radius 1 is 1.11 bits per heavy atom. The molecular formula is C21H24ClFN4O. The van der Waals surface area contributed by atoms with Crippen molar-refractivity contribution < 1.29 is 9.13 Å². The molecule has 3 heterocycles. The Kier molecular flexibility index (Phi) is 4.95. The molecule has 2 aromatic rings. The largest absolute Gasteiger partial charge is 0.381 e.